The van der Waals surface area contributed by atoms with Crippen LogP contribution in [-0.4, -0.2) is 9.55 Å². The van der Waals surface area contributed by atoms with Crippen molar-refractivity contribution < 1.29 is 8.83 Å². The van der Waals surface area contributed by atoms with E-state index >= 15 is 0 Å². The first-order valence-electron chi connectivity index (χ1n) is 5.89. The standard InChI is InChI=1S/C14H7ClN2O3/c15-8-5-6-11-9(7-8)16-13(19-11)17-10-3-1-2-4-12(10)20-14(17)18/h1-7H. The predicted octanol–water partition coefficient (Wildman–Crippen LogP) is 3.38. The molecule has 0 aliphatic rings. The van der Waals surface area contributed by atoms with Gasteiger partial charge in [-0.15, -0.1) is 0 Å². The molecule has 20 heavy (non-hydrogen) atoms. The van der Waals surface area contributed by atoms with Crippen LogP contribution in [0.1, 0.15) is 0 Å². The van der Waals surface area contributed by atoms with Crippen LogP contribution in [0.25, 0.3) is 28.2 Å². The monoisotopic (exact) mass is 286 g/mol. The number of halogens is 1. The number of benzene rings is 2. The lowest BCUT2D eigenvalue weighted by Gasteiger charge is -1.93. The number of aromatic nitrogens is 2. The van der Waals surface area contributed by atoms with Crippen molar-refractivity contribution in [3.05, 3.63) is 58.0 Å². The lowest BCUT2D eigenvalue weighted by molar-refractivity contribution is 0.502. The highest BCUT2D eigenvalue weighted by Gasteiger charge is 2.16. The minimum absolute atomic E-state index is 0.164. The van der Waals surface area contributed by atoms with Crippen LogP contribution in [0, 0.1) is 0 Å². The molecule has 0 aliphatic carbocycles. The van der Waals surface area contributed by atoms with Crippen LogP contribution in [0.4, 0.5) is 0 Å². The lowest BCUT2D eigenvalue weighted by atomic mass is 10.3. The van der Waals surface area contributed by atoms with Crippen LogP contribution >= 0.6 is 11.6 Å². The van der Waals surface area contributed by atoms with Gasteiger partial charge in [-0.2, -0.15) is 9.55 Å². The van der Waals surface area contributed by atoms with E-state index in [-0.39, 0.29) is 6.01 Å². The molecule has 0 saturated carbocycles. The fourth-order valence-electron chi connectivity index (χ4n) is 2.13. The molecule has 0 atom stereocenters. The molecule has 4 aromatic rings. The molecule has 2 heterocycles. The van der Waals surface area contributed by atoms with Crippen LogP contribution in [0.5, 0.6) is 0 Å². The first kappa shape index (κ1) is 11.3. The van der Waals surface area contributed by atoms with Crippen LogP contribution in [-0.2, 0) is 0 Å². The van der Waals surface area contributed by atoms with Gasteiger partial charge in [-0.05, 0) is 30.3 Å². The van der Waals surface area contributed by atoms with Crippen molar-refractivity contribution in [1.29, 1.82) is 0 Å². The smallest absolute Gasteiger partial charge is 0.423 e. The molecular weight excluding hydrogens is 280 g/mol. The summed E-state index contributed by atoms with van der Waals surface area (Å²) in [6, 6.07) is 12.3. The van der Waals surface area contributed by atoms with E-state index in [2.05, 4.69) is 4.98 Å². The maximum absolute atomic E-state index is 12.0. The number of para-hydroxylation sites is 2. The Hall–Kier alpha value is -2.53. The first-order chi connectivity index (χ1) is 9.72. The molecule has 2 aromatic heterocycles. The van der Waals surface area contributed by atoms with E-state index in [1.807, 2.05) is 6.07 Å². The Kier molecular flexibility index (Phi) is 2.25. The van der Waals surface area contributed by atoms with Crippen molar-refractivity contribution in [3.63, 3.8) is 0 Å². The Morgan fingerprint density at radius 3 is 2.80 bits per heavy atom. The highest BCUT2D eigenvalue weighted by molar-refractivity contribution is 6.31. The third kappa shape index (κ3) is 1.57. The molecule has 0 spiro atoms. The maximum atomic E-state index is 12.0. The number of fused-ring (bicyclic) bond motifs is 2. The van der Waals surface area contributed by atoms with Crippen molar-refractivity contribution in [1.82, 2.24) is 9.55 Å². The topological polar surface area (TPSA) is 61.2 Å². The molecule has 98 valence electrons. The van der Waals surface area contributed by atoms with E-state index in [0.717, 1.165) is 0 Å². The zero-order valence-corrected chi connectivity index (χ0v) is 10.8. The molecule has 0 amide bonds. The van der Waals surface area contributed by atoms with Crippen LogP contribution < -0.4 is 5.76 Å². The van der Waals surface area contributed by atoms with Gasteiger partial charge >= 0.3 is 11.8 Å². The Bertz CT molecular complexity index is 996. The van der Waals surface area contributed by atoms with E-state index in [1.54, 1.807) is 36.4 Å². The Morgan fingerprint density at radius 1 is 1.05 bits per heavy atom. The van der Waals surface area contributed by atoms with Gasteiger partial charge in [0.2, 0.25) is 0 Å². The summed E-state index contributed by atoms with van der Waals surface area (Å²) >= 11 is 5.91. The van der Waals surface area contributed by atoms with E-state index in [4.69, 9.17) is 20.4 Å². The molecule has 0 aliphatic heterocycles. The van der Waals surface area contributed by atoms with Crippen LogP contribution in [0.2, 0.25) is 5.02 Å². The van der Waals surface area contributed by atoms with Crippen LogP contribution in [0.3, 0.4) is 0 Å². The summed E-state index contributed by atoms with van der Waals surface area (Å²) in [6.45, 7) is 0. The zero-order chi connectivity index (χ0) is 13.7. The molecule has 0 saturated heterocycles. The fraction of sp³-hybridized carbons (Fsp3) is 0. The summed E-state index contributed by atoms with van der Waals surface area (Å²) < 4.78 is 12.0. The lowest BCUT2D eigenvalue weighted by Crippen LogP contribution is -2.11. The number of rotatable bonds is 1. The van der Waals surface area contributed by atoms with Crippen LogP contribution in [0.15, 0.2) is 56.1 Å². The summed E-state index contributed by atoms with van der Waals surface area (Å²) in [7, 11) is 0. The van der Waals surface area contributed by atoms with Gasteiger partial charge in [-0.1, -0.05) is 23.7 Å². The average Bonchev–Trinajstić information content (AvgIpc) is 2.97. The summed E-state index contributed by atoms with van der Waals surface area (Å²) in [4.78, 5) is 16.2. The van der Waals surface area contributed by atoms with Gasteiger partial charge in [-0.3, -0.25) is 0 Å². The van der Waals surface area contributed by atoms with E-state index < -0.39 is 5.76 Å². The second-order valence-corrected chi connectivity index (χ2v) is 4.72. The largest absolute Gasteiger partial charge is 0.428 e. The van der Waals surface area contributed by atoms with Crippen molar-refractivity contribution >= 4 is 33.8 Å². The molecule has 0 radical (unpaired) electrons. The molecule has 0 fully saturated rings. The summed E-state index contributed by atoms with van der Waals surface area (Å²) in [6.07, 6.45) is 0. The summed E-state index contributed by atoms with van der Waals surface area (Å²) in [5, 5.41) is 0.557. The Labute approximate surface area is 117 Å². The van der Waals surface area contributed by atoms with Gasteiger partial charge in [0.25, 0.3) is 0 Å². The normalized spacial score (nSPS) is 11.4. The SMILES string of the molecule is O=c1oc2ccccc2n1-c1nc2cc(Cl)ccc2o1. The highest BCUT2D eigenvalue weighted by atomic mass is 35.5. The van der Waals surface area contributed by atoms with Gasteiger partial charge in [0.15, 0.2) is 11.2 Å². The molecular formula is C14H7ClN2O3. The van der Waals surface area contributed by atoms with Gasteiger partial charge in [-0.25, -0.2) is 4.79 Å². The second kappa shape index (κ2) is 3.98. The molecule has 5 nitrogen and oxygen atoms in total. The third-order valence-corrected chi connectivity index (χ3v) is 3.25. The van der Waals surface area contributed by atoms with Crippen molar-refractivity contribution in [2.24, 2.45) is 0 Å². The highest BCUT2D eigenvalue weighted by Crippen LogP contribution is 2.23. The number of nitrogens with zero attached hydrogens (tertiary/aromatic N) is 2. The van der Waals surface area contributed by atoms with Crippen molar-refractivity contribution in [3.8, 4) is 6.01 Å². The first-order valence-corrected chi connectivity index (χ1v) is 6.27. The number of hydrogen-bond donors (Lipinski definition) is 0. The maximum Gasteiger partial charge on any atom is 0.428 e. The summed E-state index contributed by atoms with van der Waals surface area (Å²) in [5.74, 6) is -0.538. The van der Waals surface area contributed by atoms with E-state index in [0.29, 0.717) is 27.2 Å². The number of oxazole rings is 2. The fourth-order valence-corrected chi connectivity index (χ4v) is 2.30. The number of hydrogen-bond acceptors (Lipinski definition) is 4. The van der Waals surface area contributed by atoms with Gasteiger partial charge < -0.3 is 8.83 Å². The van der Waals surface area contributed by atoms with E-state index in [9.17, 15) is 4.79 Å². The zero-order valence-electron chi connectivity index (χ0n) is 10.0. The molecule has 2 aromatic carbocycles. The minimum Gasteiger partial charge on any atom is -0.423 e. The molecule has 0 bridgehead atoms. The summed E-state index contributed by atoms with van der Waals surface area (Å²) in [5.41, 5.74) is 2.24. The van der Waals surface area contributed by atoms with Gasteiger partial charge in [0.05, 0.1) is 5.52 Å². The van der Waals surface area contributed by atoms with E-state index in [1.165, 1.54) is 4.57 Å². The van der Waals surface area contributed by atoms with Gasteiger partial charge in [0.1, 0.15) is 5.52 Å². The Balaban J connectivity index is 2.06. The molecule has 4 rings (SSSR count). The molecule has 6 heteroatoms. The minimum atomic E-state index is -0.538. The second-order valence-electron chi connectivity index (χ2n) is 4.28. The Morgan fingerprint density at radius 2 is 1.90 bits per heavy atom. The molecule has 0 N–H and O–H groups in total. The van der Waals surface area contributed by atoms with Crippen molar-refractivity contribution in [2.75, 3.05) is 0 Å². The van der Waals surface area contributed by atoms with Gasteiger partial charge in [0, 0.05) is 5.02 Å². The predicted molar refractivity (Wildman–Crippen MR) is 74.4 cm³/mol. The molecule has 0 unspecified atom stereocenters. The average molecular weight is 287 g/mol. The quantitative estimate of drug-likeness (QED) is 0.538. The van der Waals surface area contributed by atoms with Crippen molar-refractivity contribution in [2.45, 2.75) is 0 Å². The third-order valence-electron chi connectivity index (χ3n) is 3.02.